The van der Waals surface area contributed by atoms with Crippen LogP contribution in [0.2, 0.25) is 0 Å². The van der Waals surface area contributed by atoms with Crippen LogP contribution in [-0.4, -0.2) is 21.3 Å². The van der Waals surface area contributed by atoms with E-state index in [1.165, 1.54) is 30.3 Å². The Bertz CT molecular complexity index is 693. The molecule has 0 spiro atoms. The second-order valence-corrected chi connectivity index (χ2v) is 4.71. The Morgan fingerprint density at radius 3 is 2.50 bits per heavy atom. The second kappa shape index (κ2) is 4.45. The minimum Gasteiger partial charge on any atom is -0.508 e. The molecule has 0 amide bonds. The van der Waals surface area contributed by atoms with Crippen molar-refractivity contribution in [2.24, 2.45) is 0 Å². The molecule has 0 fully saturated rings. The van der Waals surface area contributed by atoms with Crippen molar-refractivity contribution in [3.05, 3.63) is 47.5 Å². The predicted octanol–water partition coefficient (Wildman–Crippen LogP) is 2.05. The summed E-state index contributed by atoms with van der Waals surface area (Å²) >= 11 is 0. The van der Waals surface area contributed by atoms with Crippen molar-refractivity contribution in [3.8, 4) is 23.0 Å². The molecular weight excluding hydrogens is 260 g/mol. The van der Waals surface area contributed by atoms with Crippen LogP contribution in [0.3, 0.4) is 0 Å². The van der Waals surface area contributed by atoms with Crippen molar-refractivity contribution < 1.29 is 24.9 Å². The largest absolute Gasteiger partial charge is 0.508 e. The summed E-state index contributed by atoms with van der Waals surface area (Å²) in [4.78, 5) is 12.0. The normalized spacial score (nSPS) is 17.4. The van der Waals surface area contributed by atoms with Crippen LogP contribution >= 0.6 is 0 Å². The molecule has 0 aliphatic carbocycles. The van der Waals surface area contributed by atoms with Gasteiger partial charge in [-0.25, -0.2) is 0 Å². The van der Waals surface area contributed by atoms with E-state index in [9.17, 15) is 20.1 Å². The molecule has 102 valence electrons. The Morgan fingerprint density at radius 1 is 1.00 bits per heavy atom. The molecule has 3 N–H and O–H groups in total. The first kappa shape index (κ1) is 12.3. The summed E-state index contributed by atoms with van der Waals surface area (Å²) in [6.45, 7) is 0. The first-order chi connectivity index (χ1) is 9.54. The number of phenolic OH excluding ortho intramolecular Hbond substituents is 3. The molecule has 1 unspecified atom stereocenters. The van der Waals surface area contributed by atoms with E-state index in [1.807, 2.05) is 0 Å². The Balaban J connectivity index is 2.02. The molecule has 0 aromatic heterocycles. The average Bonchev–Trinajstić information content (AvgIpc) is 2.41. The molecule has 2 aromatic carbocycles. The van der Waals surface area contributed by atoms with Crippen molar-refractivity contribution in [3.63, 3.8) is 0 Å². The Kier molecular flexibility index (Phi) is 2.75. The van der Waals surface area contributed by atoms with Crippen LogP contribution in [0, 0.1) is 0 Å². The van der Waals surface area contributed by atoms with E-state index in [0.29, 0.717) is 17.7 Å². The molecule has 5 nitrogen and oxygen atoms in total. The van der Waals surface area contributed by atoms with E-state index in [0.717, 1.165) is 5.56 Å². The molecule has 3 rings (SSSR count). The molecule has 0 saturated heterocycles. The van der Waals surface area contributed by atoms with E-state index in [2.05, 4.69) is 0 Å². The van der Waals surface area contributed by atoms with Gasteiger partial charge in [-0.2, -0.15) is 0 Å². The van der Waals surface area contributed by atoms with Crippen LogP contribution in [-0.2, 0) is 11.2 Å². The SMILES string of the molecule is O=C1Oc2cc(O)ccc2CC1c1cc(O)ccc1O. The van der Waals surface area contributed by atoms with Gasteiger partial charge in [0, 0.05) is 11.6 Å². The number of rotatable bonds is 1. The third-order valence-corrected chi connectivity index (χ3v) is 3.36. The third kappa shape index (κ3) is 2.03. The molecule has 0 radical (unpaired) electrons. The van der Waals surface area contributed by atoms with Crippen LogP contribution in [0.4, 0.5) is 0 Å². The maximum absolute atomic E-state index is 12.0. The highest BCUT2D eigenvalue weighted by Crippen LogP contribution is 2.38. The van der Waals surface area contributed by atoms with Gasteiger partial charge in [-0.3, -0.25) is 4.79 Å². The van der Waals surface area contributed by atoms with Gasteiger partial charge in [0.1, 0.15) is 23.0 Å². The first-order valence-corrected chi connectivity index (χ1v) is 6.10. The zero-order valence-corrected chi connectivity index (χ0v) is 10.4. The van der Waals surface area contributed by atoms with Crippen LogP contribution in [0.1, 0.15) is 17.0 Å². The molecule has 0 saturated carbocycles. The third-order valence-electron chi connectivity index (χ3n) is 3.36. The highest BCUT2D eigenvalue weighted by atomic mass is 16.5. The molecular formula is C15H12O5. The number of fused-ring (bicyclic) bond motifs is 1. The number of aromatic hydroxyl groups is 3. The maximum Gasteiger partial charge on any atom is 0.319 e. The standard InChI is InChI=1S/C15H12O5/c16-9-3-4-13(18)11(6-9)12-5-8-1-2-10(17)7-14(8)20-15(12)19/h1-4,6-7,12,16-18H,5H2. The topological polar surface area (TPSA) is 87.0 Å². The molecule has 5 heteroatoms. The minimum absolute atomic E-state index is 0.0233. The summed E-state index contributed by atoms with van der Waals surface area (Å²) in [6.07, 6.45) is 0.339. The van der Waals surface area contributed by atoms with Crippen LogP contribution in [0.15, 0.2) is 36.4 Å². The zero-order chi connectivity index (χ0) is 14.3. The fourth-order valence-corrected chi connectivity index (χ4v) is 2.35. The van der Waals surface area contributed by atoms with Crippen molar-refractivity contribution in [2.45, 2.75) is 12.3 Å². The van der Waals surface area contributed by atoms with E-state index >= 15 is 0 Å². The number of benzene rings is 2. The number of hydrogen-bond acceptors (Lipinski definition) is 5. The molecule has 1 aliphatic heterocycles. The van der Waals surface area contributed by atoms with Gasteiger partial charge >= 0.3 is 5.97 Å². The zero-order valence-electron chi connectivity index (χ0n) is 10.4. The van der Waals surface area contributed by atoms with Gasteiger partial charge in [0.15, 0.2) is 0 Å². The summed E-state index contributed by atoms with van der Waals surface area (Å²) in [5.74, 6) is -0.946. The lowest BCUT2D eigenvalue weighted by Crippen LogP contribution is -2.25. The number of phenols is 3. The van der Waals surface area contributed by atoms with Gasteiger partial charge in [0.2, 0.25) is 0 Å². The number of hydrogen-bond donors (Lipinski definition) is 3. The van der Waals surface area contributed by atoms with Crippen LogP contribution < -0.4 is 4.74 Å². The molecule has 1 atom stereocenters. The lowest BCUT2D eigenvalue weighted by molar-refractivity contribution is -0.137. The smallest absolute Gasteiger partial charge is 0.319 e. The number of ether oxygens (including phenoxy) is 1. The highest BCUT2D eigenvalue weighted by Gasteiger charge is 2.32. The van der Waals surface area contributed by atoms with Gasteiger partial charge in [-0.15, -0.1) is 0 Å². The average molecular weight is 272 g/mol. The summed E-state index contributed by atoms with van der Waals surface area (Å²) in [5.41, 5.74) is 1.09. The van der Waals surface area contributed by atoms with E-state index in [-0.39, 0.29) is 17.2 Å². The monoisotopic (exact) mass is 272 g/mol. The Hall–Kier alpha value is -2.69. The van der Waals surface area contributed by atoms with E-state index < -0.39 is 11.9 Å². The Labute approximate surface area is 114 Å². The predicted molar refractivity (Wildman–Crippen MR) is 70.0 cm³/mol. The van der Waals surface area contributed by atoms with Crippen molar-refractivity contribution in [1.29, 1.82) is 0 Å². The number of carbonyl (C=O) groups is 1. The van der Waals surface area contributed by atoms with Crippen molar-refractivity contribution in [2.75, 3.05) is 0 Å². The molecule has 20 heavy (non-hydrogen) atoms. The van der Waals surface area contributed by atoms with Crippen LogP contribution in [0.25, 0.3) is 0 Å². The summed E-state index contributed by atoms with van der Waals surface area (Å²) < 4.78 is 5.18. The minimum atomic E-state index is -0.681. The van der Waals surface area contributed by atoms with Gasteiger partial charge in [0.25, 0.3) is 0 Å². The lowest BCUT2D eigenvalue weighted by atomic mass is 9.89. The second-order valence-electron chi connectivity index (χ2n) is 4.71. The van der Waals surface area contributed by atoms with Crippen LogP contribution in [0.5, 0.6) is 23.0 Å². The van der Waals surface area contributed by atoms with Crippen molar-refractivity contribution >= 4 is 5.97 Å². The summed E-state index contributed by atoms with van der Waals surface area (Å²) in [6, 6.07) is 8.60. The Morgan fingerprint density at radius 2 is 1.70 bits per heavy atom. The van der Waals surface area contributed by atoms with Gasteiger partial charge in [0.05, 0.1) is 5.92 Å². The summed E-state index contributed by atoms with van der Waals surface area (Å²) in [5, 5.41) is 28.7. The van der Waals surface area contributed by atoms with Gasteiger partial charge in [-0.1, -0.05) is 6.07 Å². The lowest BCUT2D eigenvalue weighted by Gasteiger charge is -2.24. The van der Waals surface area contributed by atoms with Gasteiger partial charge < -0.3 is 20.1 Å². The molecule has 1 heterocycles. The van der Waals surface area contributed by atoms with Gasteiger partial charge in [-0.05, 0) is 36.2 Å². The number of esters is 1. The first-order valence-electron chi connectivity index (χ1n) is 6.10. The molecule has 2 aromatic rings. The van der Waals surface area contributed by atoms with Crippen molar-refractivity contribution in [1.82, 2.24) is 0 Å². The summed E-state index contributed by atoms with van der Waals surface area (Å²) in [7, 11) is 0. The number of carbonyl (C=O) groups excluding carboxylic acids is 1. The van der Waals surface area contributed by atoms with E-state index in [4.69, 9.17) is 4.74 Å². The maximum atomic E-state index is 12.0. The molecule has 0 bridgehead atoms. The fraction of sp³-hybridized carbons (Fsp3) is 0.133. The highest BCUT2D eigenvalue weighted by molar-refractivity contribution is 5.84. The van der Waals surface area contributed by atoms with E-state index in [1.54, 1.807) is 6.07 Å². The molecule has 1 aliphatic rings. The quantitative estimate of drug-likeness (QED) is 0.420. The fourth-order valence-electron chi connectivity index (χ4n) is 2.35.